The number of allylic oxidation sites excluding steroid dienone is 1. The average molecular weight is 485 g/mol. The maximum Gasteiger partial charge on any atom is 0.294 e. The number of aromatic nitrogens is 5. The molecule has 2 aromatic carbocycles. The summed E-state index contributed by atoms with van der Waals surface area (Å²) in [6.45, 7) is 2.71. The summed E-state index contributed by atoms with van der Waals surface area (Å²) < 4.78 is 59.7. The van der Waals surface area contributed by atoms with Gasteiger partial charge in [0, 0.05) is 36.2 Å². The number of nitrogens with one attached hydrogen (secondary N) is 1. The third kappa shape index (κ3) is 5.10. The van der Waals surface area contributed by atoms with E-state index in [0.717, 1.165) is 33.7 Å². The van der Waals surface area contributed by atoms with Gasteiger partial charge in [-0.05, 0) is 47.7 Å². The molecule has 0 aliphatic heterocycles. The van der Waals surface area contributed by atoms with E-state index in [2.05, 4.69) is 37.3 Å². The van der Waals surface area contributed by atoms with E-state index in [1.54, 1.807) is 13.1 Å². The molecule has 4 aromatic rings. The number of fused-ring (bicyclic) bond motifs is 1. The number of nitrogens with zero attached hydrogens (tertiary/aromatic N) is 6. The molecule has 1 N–H and O–H groups in total. The van der Waals surface area contributed by atoms with Crippen molar-refractivity contribution in [3.63, 3.8) is 0 Å². The standard InChI is InChI=1S/C23H19F4N7O/c1-12(21(26)27)35-23(29-3)15-9-17(24)16(18(25)10-15)11-34-32-22(31-33-34)14-4-6-19-13(8-14)5-7-20(28-2)30-19/h4-10,21H,1,11H2,2-3H3,(H,28,30). The van der Waals surface area contributed by atoms with E-state index in [0.29, 0.717) is 5.56 Å². The average Bonchev–Trinajstić information content (AvgIpc) is 3.32. The monoisotopic (exact) mass is 485 g/mol. The Morgan fingerprint density at radius 1 is 1.14 bits per heavy atom. The molecular weight excluding hydrogens is 466 g/mol. The maximum absolute atomic E-state index is 14.7. The second-order valence-electron chi connectivity index (χ2n) is 7.31. The Morgan fingerprint density at radius 3 is 2.54 bits per heavy atom. The number of anilines is 1. The molecule has 4 rings (SSSR count). The molecule has 0 aliphatic rings. The van der Waals surface area contributed by atoms with Gasteiger partial charge in [-0.15, -0.1) is 10.2 Å². The van der Waals surface area contributed by atoms with Crippen LogP contribution in [-0.4, -0.2) is 51.6 Å². The molecule has 0 bridgehead atoms. The van der Waals surface area contributed by atoms with Crippen molar-refractivity contribution in [3.8, 4) is 11.4 Å². The Kier molecular flexibility index (Phi) is 6.71. The predicted molar refractivity (Wildman–Crippen MR) is 122 cm³/mol. The largest absolute Gasteiger partial charge is 0.438 e. The van der Waals surface area contributed by atoms with E-state index in [9.17, 15) is 17.6 Å². The van der Waals surface area contributed by atoms with Crippen molar-refractivity contribution in [2.24, 2.45) is 4.99 Å². The molecule has 0 saturated heterocycles. The van der Waals surface area contributed by atoms with Crippen molar-refractivity contribution >= 4 is 22.6 Å². The van der Waals surface area contributed by atoms with Gasteiger partial charge in [0.25, 0.3) is 6.43 Å². The minimum atomic E-state index is -2.97. The van der Waals surface area contributed by atoms with E-state index >= 15 is 0 Å². The number of halogens is 4. The van der Waals surface area contributed by atoms with Gasteiger partial charge in [0.2, 0.25) is 11.7 Å². The van der Waals surface area contributed by atoms with Crippen LogP contribution in [0.3, 0.4) is 0 Å². The van der Waals surface area contributed by atoms with Crippen LogP contribution in [0.15, 0.2) is 59.8 Å². The molecular formula is C23H19F4N7O. The molecule has 2 heterocycles. The molecule has 0 aliphatic carbocycles. The molecule has 180 valence electrons. The molecule has 2 aromatic heterocycles. The highest BCUT2D eigenvalue weighted by atomic mass is 19.3. The summed E-state index contributed by atoms with van der Waals surface area (Å²) in [5.41, 5.74) is 0.919. The molecule has 0 radical (unpaired) electrons. The van der Waals surface area contributed by atoms with Crippen LogP contribution in [0, 0.1) is 11.6 Å². The van der Waals surface area contributed by atoms with Gasteiger partial charge in [-0.1, -0.05) is 6.58 Å². The van der Waals surface area contributed by atoms with Gasteiger partial charge in [0.05, 0.1) is 12.1 Å². The predicted octanol–water partition coefficient (Wildman–Crippen LogP) is 4.43. The highest BCUT2D eigenvalue weighted by Crippen LogP contribution is 2.23. The third-order valence-electron chi connectivity index (χ3n) is 5.02. The van der Waals surface area contributed by atoms with Gasteiger partial charge in [-0.2, -0.15) is 4.80 Å². The zero-order chi connectivity index (χ0) is 25.1. The number of hydrogen-bond donors (Lipinski definition) is 1. The van der Waals surface area contributed by atoms with Crippen LogP contribution >= 0.6 is 0 Å². The Hall–Kier alpha value is -4.35. The SMILES string of the molecule is C=C(OC(=NC)c1cc(F)c(Cn2nnc(-c3ccc4nc(NC)ccc4c3)n2)c(F)c1)C(F)F. The molecule has 8 nitrogen and oxygen atoms in total. The number of benzene rings is 2. The van der Waals surface area contributed by atoms with E-state index in [1.807, 2.05) is 24.3 Å². The number of rotatable bonds is 7. The lowest BCUT2D eigenvalue weighted by molar-refractivity contribution is 0.134. The highest BCUT2D eigenvalue weighted by Gasteiger charge is 2.19. The van der Waals surface area contributed by atoms with Gasteiger partial charge in [0.1, 0.15) is 17.5 Å². The molecule has 0 atom stereocenters. The van der Waals surface area contributed by atoms with Crippen molar-refractivity contribution < 1.29 is 22.3 Å². The van der Waals surface area contributed by atoms with E-state index in [1.165, 1.54) is 7.05 Å². The van der Waals surface area contributed by atoms with Gasteiger partial charge in [-0.25, -0.2) is 22.5 Å². The number of tetrazole rings is 1. The lowest BCUT2D eigenvalue weighted by Gasteiger charge is -2.12. The first kappa shape index (κ1) is 23.8. The van der Waals surface area contributed by atoms with Gasteiger partial charge in [-0.3, -0.25) is 4.99 Å². The summed E-state index contributed by atoms with van der Waals surface area (Å²) in [5, 5.41) is 15.9. The van der Waals surface area contributed by atoms with Gasteiger partial charge >= 0.3 is 0 Å². The summed E-state index contributed by atoms with van der Waals surface area (Å²) in [6, 6.07) is 11.0. The quantitative estimate of drug-likeness (QED) is 0.180. The number of aliphatic imine (C=N–C) groups is 1. The molecule has 35 heavy (non-hydrogen) atoms. The molecule has 0 fully saturated rings. The highest BCUT2D eigenvalue weighted by molar-refractivity contribution is 5.94. The van der Waals surface area contributed by atoms with Crippen LogP contribution in [0.25, 0.3) is 22.3 Å². The minimum Gasteiger partial charge on any atom is -0.438 e. The number of pyridine rings is 1. The lowest BCUT2D eigenvalue weighted by atomic mass is 10.1. The van der Waals surface area contributed by atoms with Gasteiger partial charge in [0.15, 0.2) is 5.76 Å². The summed E-state index contributed by atoms with van der Waals surface area (Å²) in [7, 11) is 3.01. The van der Waals surface area contributed by atoms with Crippen molar-refractivity contribution in [3.05, 3.63) is 77.6 Å². The van der Waals surface area contributed by atoms with E-state index < -0.39 is 29.7 Å². The van der Waals surface area contributed by atoms with Crippen LogP contribution in [0.1, 0.15) is 11.1 Å². The molecule has 0 amide bonds. The fourth-order valence-electron chi connectivity index (χ4n) is 3.25. The van der Waals surface area contributed by atoms with Crippen LogP contribution < -0.4 is 5.32 Å². The summed E-state index contributed by atoms with van der Waals surface area (Å²) in [5.74, 6) is -2.20. The second-order valence-corrected chi connectivity index (χ2v) is 7.31. The number of hydrogen-bond acceptors (Lipinski definition) is 7. The molecule has 0 unspecified atom stereocenters. The zero-order valence-corrected chi connectivity index (χ0v) is 18.6. The number of alkyl halides is 2. The van der Waals surface area contributed by atoms with Crippen molar-refractivity contribution in [1.29, 1.82) is 0 Å². The molecule has 0 spiro atoms. The summed E-state index contributed by atoms with van der Waals surface area (Å²) in [6.07, 6.45) is -2.97. The maximum atomic E-state index is 14.7. The summed E-state index contributed by atoms with van der Waals surface area (Å²) in [4.78, 5) is 9.16. The van der Waals surface area contributed by atoms with Crippen LogP contribution in [0.2, 0.25) is 0 Å². The van der Waals surface area contributed by atoms with Crippen molar-refractivity contribution in [2.45, 2.75) is 13.0 Å². The molecule has 0 saturated carbocycles. The fourth-order valence-corrected chi connectivity index (χ4v) is 3.25. The normalized spacial score (nSPS) is 11.8. The zero-order valence-electron chi connectivity index (χ0n) is 18.6. The van der Waals surface area contributed by atoms with E-state index in [-0.39, 0.29) is 23.5 Å². The Morgan fingerprint density at radius 2 is 1.89 bits per heavy atom. The van der Waals surface area contributed by atoms with Crippen molar-refractivity contribution in [1.82, 2.24) is 25.2 Å². The second kappa shape index (κ2) is 9.87. The van der Waals surface area contributed by atoms with Crippen LogP contribution in [-0.2, 0) is 11.3 Å². The Labute approximate surface area is 197 Å². The first-order valence-corrected chi connectivity index (χ1v) is 10.3. The topological polar surface area (TPSA) is 90.1 Å². The Balaban J connectivity index is 1.56. The minimum absolute atomic E-state index is 0.161. The first-order chi connectivity index (χ1) is 16.8. The summed E-state index contributed by atoms with van der Waals surface area (Å²) >= 11 is 0. The van der Waals surface area contributed by atoms with Crippen LogP contribution in [0.4, 0.5) is 23.4 Å². The van der Waals surface area contributed by atoms with Gasteiger partial charge < -0.3 is 10.1 Å². The smallest absolute Gasteiger partial charge is 0.294 e. The first-order valence-electron chi connectivity index (χ1n) is 10.3. The van der Waals surface area contributed by atoms with E-state index in [4.69, 9.17) is 4.74 Å². The lowest BCUT2D eigenvalue weighted by Crippen LogP contribution is -2.13. The van der Waals surface area contributed by atoms with Crippen LogP contribution in [0.5, 0.6) is 0 Å². The number of ether oxygens (including phenoxy) is 1. The Bertz CT molecular complexity index is 1410. The fraction of sp³-hybridized carbons (Fsp3) is 0.174. The third-order valence-corrected chi connectivity index (χ3v) is 5.02. The molecule has 12 heteroatoms. The van der Waals surface area contributed by atoms with Crippen molar-refractivity contribution in [2.75, 3.05) is 19.4 Å².